The molecule has 1 aromatic carbocycles. The quantitative estimate of drug-likeness (QED) is 0.524. The molecular weight excluding hydrogens is 180 g/mol. The molecule has 1 amide bonds. The fraction of sp³-hybridized carbons (Fsp3) is 0.200. The van der Waals surface area contributed by atoms with Gasteiger partial charge in [-0.3, -0.25) is 4.79 Å². The molecule has 4 nitrogen and oxygen atoms in total. The highest BCUT2D eigenvalue weighted by molar-refractivity contribution is 5.81. The molecule has 2 rings (SSSR count). The van der Waals surface area contributed by atoms with Gasteiger partial charge < -0.3 is 5.32 Å². The SMILES string of the molecule is O=C=Nc1ccc2c(c1)CNC(=O)C2. The van der Waals surface area contributed by atoms with Crippen LogP contribution in [0, 0.1) is 0 Å². The minimum absolute atomic E-state index is 0.0316. The van der Waals surface area contributed by atoms with Gasteiger partial charge in [0.2, 0.25) is 12.0 Å². The summed E-state index contributed by atoms with van der Waals surface area (Å²) in [6.07, 6.45) is 1.89. The molecule has 0 aliphatic carbocycles. The van der Waals surface area contributed by atoms with Crippen molar-refractivity contribution in [3.05, 3.63) is 29.3 Å². The van der Waals surface area contributed by atoms with Gasteiger partial charge in [-0.2, -0.15) is 4.99 Å². The van der Waals surface area contributed by atoms with E-state index in [1.807, 2.05) is 6.07 Å². The van der Waals surface area contributed by atoms with Crippen molar-refractivity contribution in [2.75, 3.05) is 0 Å². The van der Waals surface area contributed by atoms with Gasteiger partial charge in [0.1, 0.15) is 0 Å². The van der Waals surface area contributed by atoms with E-state index in [0.717, 1.165) is 11.1 Å². The lowest BCUT2D eigenvalue weighted by Gasteiger charge is -2.16. The normalized spacial score (nSPS) is 13.9. The Morgan fingerprint density at radius 3 is 3.00 bits per heavy atom. The predicted molar refractivity (Wildman–Crippen MR) is 49.8 cm³/mol. The summed E-state index contributed by atoms with van der Waals surface area (Å²) in [5, 5.41) is 2.73. The maximum atomic E-state index is 11.0. The van der Waals surface area contributed by atoms with Gasteiger partial charge in [-0.05, 0) is 23.3 Å². The number of rotatable bonds is 1. The number of amides is 1. The molecule has 0 atom stereocenters. The predicted octanol–water partition coefficient (Wildman–Crippen LogP) is 0.826. The van der Waals surface area contributed by atoms with Crippen LogP contribution in [0.4, 0.5) is 5.69 Å². The lowest BCUT2D eigenvalue weighted by atomic mass is 10.0. The van der Waals surface area contributed by atoms with Crippen molar-refractivity contribution in [3.8, 4) is 0 Å². The topological polar surface area (TPSA) is 58.5 Å². The minimum Gasteiger partial charge on any atom is -0.352 e. The molecule has 4 heteroatoms. The minimum atomic E-state index is 0.0316. The van der Waals surface area contributed by atoms with Crippen molar-refractivity contribution in [1.29, 1.82) is 0 Å². The van der Waals surface area contributed by atoms with Crippen LogP contribution in [0.5, 0.6) is 0 Å². The third kappa shape index (κ3) is 1.56. The van der Waals surface area contributed by atoms with Gasteiger partial charge >= 0.3 is 0 Å². The smallest absolute Gasteiger partial charge is 0.240 e. The monoisotopic (exact) mass is 188 g/mol. The third-order valence-electron chi connectivity index (χ3n) is 2.19. The molecule has 0 aromatic heterocycles. The summed E-state index contributed by atoms with van der Waals surface area (Å²) in [6.45, 7) is 0.510. The molecule has 0 bridgehead atoms. The van der Waals surface area contributed by atoms with Crippen LogP contribution in [0.25, 0.3) is 0 Å². The van der Waals surface area contributed by atoms with E-state index >= 15 is 0 Å². The maximum Gasteiger partial charge on any atom is 0.240 e. The van der Waals surface area contributed by atoms with Gasteiger partial charge in [0.05, 0.1) is 12.1 Å². The van der Waals surface area contributed by atoms with Crippen LogP contribution < -0.4 is 5.32 Å². The van der Waals surface area contributed by atoms with E-state index in [1.54, 1.807) is 12.1 Å². The number of hydrogen-bond donors (Lipinski definition) is 1. The first-order valence-corrected chi connectivity index (χ1v) is 4.26. The summed E-state index contributed by atoms with van der Waals surface area (Å²) in [7, 11) is 0. The van der Waals surface area contributed by atoms with Crippen LogP contribution in [-0.2, 0) is 22.6 Å². The second kappa shape index (κ2) is 3.44. The van der Waals surface area contributed by atoms with E-state index in [1.165, 1.54) is 6.08 Å². The molecule has 1 aromatic rings. The molecule has 0 spiro atoms. The third-order valence-corrected chi connectivity index (χ3v) is 2.19. The molecule has 14 heavy (non-hydrogen) atoms. The van der Waals surface area contributed by atoms with E-state index in [0.29, 0.717) is 18.7 Å². The number of nitrogens with one attached hydrogen (secondary N) is 1. The van der Waals surface area contributed by atoms with Gasteiger partial charge in [0.25, 0.3) is 0 Å². The average molecular weight is 188 g/mol. The molecule has 1 aliphatic heterocycles. The number of isocyanates is 1. The first kappa shape index (κ1) is 8.66. The lowest BCUT2D eigenvalue weighted by molar-refractivity contribution is -0.121. The Labute approximate surface area is 80.7 Å². The molecule has 0 saturated heterocycles. The fourth-order valence-corrected chi connectivity index (χ4v) is 1.50. The highest BCUT2D eigenvalue weighted by Crippen LogP contribution is 2.20. The molecule has 1 heterocycles. The number of carbonyl (C=O) groups excluding carboxylic acids is 2. The van der Waals surface area contributed by atoms with Crippen molar-refractivity contribution in [3.63, 3.8) is 0 Å². The van der Waals surface area contributed by atoms with E-state index in [4.69, 9.17) is 0 Å². The standard InChI is InChI=1S/C10H8N2O2/c13-6-12-9-2-1-7-4-10(14)11-5-8(7)3-9/h1-3H,4-5H2,(H,11,14). The van der Waals surface area contributed by atoms with Gasteiger partial charge in [0.15, 0.2) is 0 Å². The zero-order valence-corrected chi connectivity index (χ0v) is 7.41. The first-order chi connectivity index (χ1) is 6.79. The maximum absolute atomic E-state index is 11.0. The molecule has 0 unspecified atom stereocenters. The highest BCUT2D eigenvalue weighted by atomic mass is 16.1. The highest BCUT2D eigenvalue weighted by Gasteiger charge is 2.14. The Balaban J connectivity index is 2.40. The van der Waals surface area contributed by atoms with Crippen molar-refractivity contribution >= 4 is 17.7 Å². The Hall–Kier alpha value is -1.93. The van der Waals surface area contributed by atoms with E-state index in [9.17, 15) is 9.59 Å². The number of benzene rings is 1. The Morgan fingerprint density at radius 2 is 2.21 bits per heavy atom. The van der Waals surface area contributed by atoms with Crippen LogP contribution in [0.3, 0.4) is 0 Å². The van der Waals surface area contributed by atoms with Crippen molar-refractivity contribution in [2.24, 2.45) is 4.99 Å². The van der Waals surface area contributed by atoms with Gasteiger partial charge in [-0.1, -0.05) is 6.07 Å². The summed E-state index contributed by atoms with van der Waals surface area (Å²) in [6, 6.07) is 5.33. The number of nitrogens with zero attached hydrogens (tertiary/aromatic N) is 1. The number of carbonyl (C=O) groups is 1. The van der Waals surface area contributed by atoms with Crippen LogP contribution in [0.2, 0.25) is 0 Å². The van der Waals surface area contributed by atoms with E-state index in [2.05, 4.69) is 10.3 Å². The van der Waals surface area contributed by atoms with Gasteiger partial charge in [-0.15, -0.1) is 0 Å². The van der Waals surface area contributed by atoms with Gasteiger partial charge in [-0.25, -0.2) is 4.79 Å². The molecule has 1 aliphatic rings. The van der Waals surface area contributed by atoms with Crippen LogP contribution >= 0.6 is 0 Å². The average Bonchev–Trinajstić information content (AvgIpc) is 2.19. The second-order valence-electron chi connectivity index (χ2n) is 3.11. The number of fused-ring (bicyclic) bond motifs is 1. The Bertz CT molecular complexity index is 434. The molecule has 70 valence electrons. The number of hydrogen-bond acceptors (Lipinski definition) is 3. The van der Waals surface area contributed by atoms with Crippen molar-refractivity contribution in [2.45, 2.75) is 13.0 Å². The summed E-state index contributed by atoms with van der Waals surface area (Å²) in [5.41, 5.74) is 2.59. The molecule has 1 N–H and O–H groups in total. The lowest BCUT2D eigenvalue weighted by Crippen LogP contribution is -2.30. The fourth-order valence-electron chi connectivity index (χ4n) is 1.50. The van der Waals surface area contributed by atoms with E-state index in [-0.39, 0.29) is 5.91 Å². The molecule has 0 radical (unpaired) electrons. The van der Waals surface area contributed by atoms with Crippen LogP contribution in [0.1, 0.15) is 11.1 Å². The van der Waals surface area contributed by atoms with Crippen molar-refractivity contribution in [1.82, 2.24) is 5.32 Å². The summed E-state index contributed by atoms with van der Waals surface area (Å²) >= 11 is 0. The molecular formula is C10H8N2O2. The summed E-state index contributed by atoms with van der Waals surface area (Å²) < 4.78 is 0. The summed E-state index contributed by atoms with van der Waals surface area (Å²) in [5.74, 6) is 0.0316. The first-order valence-electron chi connectivity index (χ1n) is 4.26. The van der Waals surface area contributed by atoms with Crippen LogP contribution in [0.15, 0.2) is 23.2 Å². The van der Waals surface area contributed by atoms with E-state index < -0.39 is 0 Å². The number of aliphatic imine (C=N–C) groups is 1. The summed E-state index contributed by atoms with van der Waals surface area (Å²) in [4.78, 5) is 24.6. The zero-order valence-electron chi connectivity index (χ0n) is 7.41. The second-order valence-corrected chi connectivity index (χ2v) is 3.11. The Morgan fingerprint density at radius 1 is 1.36 bits per heavy atom. The zero-order chi connectivity index (χ0) is 9.97. The Kier molecular flexibility index (Phi) is 2.13. The molecule has 0 fully saturated rings. The molecule has 0 saturated carbocycles. The van der Waals surface area contributed by atoms with Crippen LogP contribution in [-0.4, -0.2) is 12.0 Å². The van der Waals surface area contributed by atoms with Crippen molar-refractivity contribution < 1.29 is 9.59 Å². The largest absolute Gasteiger partial charge is 0.352 e. The van der Waals surface area contributed by atoms with Gasteiger partial charge in [0, 0.05) is 6.54 Å².